The Bertz CT molecular complexity index is 424. The van der Waals surface area contributed by atoms with Crippen LogP contribution in [0.15, 0.2) is 24.3 Å². The summed E-state index contributed by atoms with van der Waals surface area (Å²) >= 11 is 0. The zero-order chi connectivity index (χ0) is 12.7. The Labute approximate surface area is 101 Å². The third-order valence-corrected chi connectivity index (χ3v) is 2.55. The van der Waals surface area contributed by atoms with Gasteiger partial charge in [-0.05, 0) is 12.0 Å². The van der Waals surface area contributed by atoms with Crippen molar-refractivity contribution < 1.29 is 4.92 Å². The molecule has 1 aromatic rings. The van der Waals surface area contributed by atoms with E-state index >= 15 is 0 Å². The van der Waals surface area contributed by atoms with Crippen LogP contribution in [0.4, 0.5) is 5.69 Å². The van der Waals surface area contributed by atoms with E-state index < -0.39 is 0 Å². The smallest absolute Gasteiger partial charge is 0.269 e. The molecule has 1 rings (SSSR count). The minimum Gasteiger partial charge on any atom is -0.309 e. The van der Waals surface area contributed by atoms with Gasteiger partial charge in [0.2, 0.25) is 0 Å². The minimum absolute atomic E-state index is 0.114. The quantitative estimate of drug-likeness (QED) is 0.355. The van der Waals surface area contributed by atoms with E-state index in [0.29, 0.717) is 6.42 Å². The summed E-state index contributed by atoms with van der Waals surface area (Å²) in [6, 6.07) is 6.82. The summed E-state index contributed by atoms with van der Waals surface area (Å²) < 4.78 is 0. The molecule has 0 radical (unpaired) electrons. The standard InChI is InChI=1S/C13H16N2O2/c1-3-5-9-14-13(4-2)11-7-6-8-12(10-11)15(16)17/h1,6-8,10,13-14H,4-5,9H2,2H3. The highest BCUT2D eigenvalue weighted by atomic mass is 16.6. The average Bonchev–Trinajstić information content (AvgIpc) is 2.35. The van der Waals surface area contributed by atoms with Crippen LogP contribution in [0.1, 0.15) is 31.4 Å². The highest BCUT2D eigenvalue weighted by molar-refractivity contribution is 5.35. The average molecular weight is 232 g/mol. The number of terminal acetylenes is 1. The molecule has 0 spiro atoms. The maximum absolute atomic E-state index is 10.7. The lowest BCUT2D eigenvalue weighted by molar-refractivity contribution is -0.384. The highest BCUT2D eigenvalue weighted by Crippen LogP contribution is 2.21. The van der Waals surface area contributed by atoms with Crippen molar-refractivity contribution in [3.63, 3.8) is 0 Å². The van der Waals surface area contributed by atoms with Gasteiger partial charge < -0.3 is 5.32 Å². The van der Waals surface area contributed by atoms with Crippen molar-refractivity contribution in [3.8, 4) is 12.3 Å². The SMILES string of the molecule is C#CCCNC(CC)c1cccc([N+](=O)[O-])c1. The van der Waals surface area contributed by atoms with Crippen LogP contribution in [0, 0.1) is 22.5 Å². The summed E-state index contributed by atoms with van der Waals surface area (Å²) in [7, 11) is 0. The maximum atomic E-state index is 10.7. The molecule has 0 aliphatic rings. The molecule has 0 heterocycles. The van der Waals surface area contributed by atoms with Gasteiger partial charge in [0, 0.05) is 31.1 Å². The molecule has 0 aliphatic carbocycles. The van der Waals surface area contributed by atoms with E-state index in [1.165, 1.54) is 6.07 Å². The van der Waals surface area contributed by atoms with Gasteiger partial charge in [-0.3, -0.25) is 10.1 Å². The Balaban J connectivity index is 2.77. The van der Waals surface area contributed by atoms with Crippen LogP contribution in [0.3, 0.4) is 0 Å². The number of non-ortho nitro benzene ring substituents is 1. The Morgan fingerprint density at radius 2 is 2.35 bits per heavy atom. The van der Waals surface area contributed by atoms with Crippen LogP contribution in [0.2, 0.25) is 0 Å². The second-order valence-electron chi connectivity index (χ2n) is 3.72. The number of hydrogen-bond acceptors (Lipinski definition) is 3. The molecule has 4 nitrogen and oxygen atoms in total. The Hall–Kier alpha value is -1.86. The van der Waals surface area contributed by atoms with E-state index in [1.807, 2.05) is 13.0 Å². The summed E-state index contributed by atoms with van der Waals surface area (Å²) in [5.41, 5.74) is 1.05. The normalized spacial score (nSPS) is 11.8. The van der Waals surface area contributed by atoms with E-state index in [4.69, 9.17) is 6.42 Å². The number of nitro groups is 1. The first-order valence-electron chi connectivity index (χ1n) is 5.60. The van der Waals surface area contributed by atoms with Crippen molar-refractivity contribution in [2.75, 3.05) is 6.54 Å². The summed E-state index contributed by atoms with van der Waals surface area (Å²) in [4.78, 5) is 10.3. The van der Waals surface area contributed by atoms with Crippen LogP contribution in [0.25, 0.3) is 0 Å². The molecular formula is C13H16N2O2. The van der Waals surface area contributed by atoms with E-state index in [0.717, 1.165) is 18.5 Å². The molecule has 0 aromatic heterocycles. The van der Waals surface area contributed by atoms with E-state index in [2.05, 4.69) is 11.2 Å². The predicted molar refractivity (Wildman–Crippen MR) is 67.6 cm³/mol. The lowest BCUT2D eigenvalue weighted by Crippen LogP contribution is -2.21. The molecule has 0 amide bonds. The number of benzene rings is 1. The number of nitrogens with zero attached hydrogens (tertiary/aromatic N) is 1. The molecule has 0 saturated carbocycles. The zero-order valence-corrected chi connectivity index (χ0v) is 9.85. The first-order chi connectivity index (χ1) is 8.19. The van der Waals surface area contributed by atoms with Crippen LogP contribution in [-0.2, 0) is 0 Å². The van der Waals surface area contributed by atoms with Gasteiger partial charge in [0.1, 0.15) is 0 Å². The lowest BCUT2D eigenvalue weighted by Gasteiger charge is -2.16. The largest absolute Gasteiger partial charge is 0.309 e. The molecule has 0 aliphatic heterocycles. The molecule has 0 bridgehead atoms. The van der Waals surface area contributed by atoms with Crippen molar-refractivity contribution in [2.24, 2.45) is 0 Å². The van der Waals surface area contributed by atoms with Gasteiger partial charge in [-0.15, -0.1) is 12.3 Å². The molecule has 1 unspecified atom stereocenters. The molecule has 0 saturated heterocycles. The van der Waals surface area contributed by atoms with E-state index in [9.17, 15) is 10.1 Å². The number of nitrogens with one attached hydrogen (secondary N) is 1. The fraction of sp³-hybridized carbons (Fsp3) is 0.385. The Morgan fingerprint density at radius 1 is 1.59 bits per heavy atom. The van der Waals surface area contributed by atoms with Gasteiger partial charge in [-0.1, -0.05) is 19.1 Å². The number of nitro benzene ring substituents is 1. The van der Waals surface area contributed by atoms with Crippen LogP contribution in [0.5, 0.6) is 0 Å². The van der Waals surface area contributed by atoms with E-state index in [-0.39, 0.29) is 16.7 Å². The second-order valence-corrected chi connectivity index (χ2v) is 3.72. The van der Waals surface area contributed by atoms with Crippen molar-refractivity contribution in [1.29, 1.82) is 0 Å². The molecule has 0 fully saturated rings. The predicted octanol–water partition coefficient (Wildman–Crippen LogP) is 2.66. The Kier molecular flexibility index (Phi) is 5.18. The molecule has 1 atom stereocenters. The van der Waals surface area contributed by atoms with Crippen molar-refractivity contribution in [3.05, 3.63) is 39.9 Å². The maximum Gasteiger partial charge on any atom is 0.269 e. The number of rotatable bonds is 6. The highest BCUT2D eigenvalue weighted by Gasteiger charge is 2.12. The molecule has 1 N–H and O–H groups in total. The molecular weight excluding hydrogens is 216 g/mol. The number of hydrogen-bond donors (Lipinski definition) is 1. The van der Waals surface area contributed by atoms with Gasteiger partial charge in [-0.2, -0.15) is 0 Å². The van der Waals surface area contributed by atoms with Gasteiger partial charge in [0.15, 0.2) is 0 Å². The Morgan fingerprint density at radius 3 is 2.94 bits per heavy atom. The molecule has 4 heteroatoms. The van der Waals surface area contributed by atoms with Crippen LogP contribution in [-0.4, -0.2) is 11.5 Å². The van der Waals surface area contributed by atoms with Gasteiger partial charge in [0.25, 0.3) is 5.69 Å². The minimum atomic E-state index is -0.377. The van der Waals surface area contributed by atoms with Gasteiger partial charge in [-0.25, -0.2) is 0 Å². The summed E-state index contributed by atoms with van der Waals surface area (Å²) in [5.74, 6) is 2.56. The fourth-order valence-electron chi connectivity index (χ4n) is 1.67. The fourth-order valence-corrected chi connectivity index (χ4v) is 1.67. The zero-order valence-electron chi connectivity index (χ0n) is 9.85. The van der Waals surface area contributed by atoms with Crippen molar-refractivity contribution in [2.45, 2.75) is 25.8 Å². The van der Waals surface area contributed by atoms with E-state index in [1.54, 1.807) is 12.1 Å². The van der Waals surface area contributed by atoms with Crippen LogP contribution >= 0.6 is 0 Å². The summed E-state index contributed by atoms with van der Waals surface area (Å²) in [6.07, 6.45) is 6.70. The van der Waals surface area contributed by atoms with Crippen molar-refractivity contribution >= 4 is 5.69 Å². The monoisotopic (exact) mass is 232 g/mol. The molecule has 90 valence electrons. The summed E-state index contributed by atoms with van der Waals surface area (Å²) in [6.45, 7) is 2.75. The van der Waals surface area contributed by atoms with Gasteiger partial charge >= 0.3 is 0 Å². The first kappa shape index (κ1) is 13.2. The van der Waals surface area contributed by atoms with Crippen LogP contribution < -0.4 is 5.32 Å². The summed E-state index contributed by atoms with van der Waals surface area (Å²) in [5, 5.41) is 14.0. The first-order valence-corrected chi connectivity index (χ1v) is 5.60. The van der Waals surface area contributed by atoms with Crippen molar-refractivity contribution in [1.82, 2.24) is 5.32 Å². The third-order valence-electron chi connectivity index (χ3n) is 2.55. The topological polar surface area (TPSA) is 55.2 Å². The molecule has 1 aromatic carbocycles. The van der Waals surface area contributed by atoms with Gasteiger partial charge in [0.05, 0.1) is 4.92 Å². The second kappa shape index (κ2) is 6.66. The molecule has 17 heavy (non-hydrogen) atoms. The third kappa shape index (κ3) is 3.89. The lowest BCUT2D eigenvalue weighted by atomic mass is 10.0.